The fourth-order valence-corrected chi connectivity index (χ4v) is 5.79. The monoisotopic (exact) mass is 631 g/mol. The number of hydrogen-bond donors (Lipinski definition) is 2. The van der Waals surface area contributed by atoms with E-state index in [1.807, 2.05) is 0 Å². The van der Waals surface area contributed by atoms with Crippen LogP contribution in [0.5, 0.6) is 0 Å². The van der Waals surface area contributed by atoms with E-state index >= 15 is 0 Å². The molecule has 2 amide bonds. The topological polar surface area (TPSA) is 58.2 Å². The van der Waals surface area contributed by atoms with Gasteiger partial charge in [0.1, 0.15) is 0 Å². The Balaban J connectivity index is 3.32. The zero-order valence-electron chi connectivity index (χ0n) is 30.5. The molecular formula is C41H78N2O2. The van der Waals surface area contributed by atoms with Gasteiger partial charge in [-0.2, -0.15) is 0 Å². The molecule has 0 saturated carbocycles. The second-order valence-corrected chi connectivity index (χ2v) is 13.4. The molecule has 0 bridgehead atoms. The van der Waals surface area contributed by atoms with Crippen LogP contribution >= 0.6 is 0 Å². The number of rotatable bonds is 36. The third-order valence-corrected chi connectivity index (χ3v) is 8.83. The Labute approximate surface area is 281 Å². The van der Waals surface area contributed by atoms with Crippen molar-refractivity contribution in [3.63, 3.8) is 0 Å². The Morgan fingerprint density at radius 3 is 0.933 bits per heavy atom. The van der Waals surface area contributed by atoms with E-state index in [1.54, 1.807) is 0 Å². The van der Waals surface area contributed by atoms with Crippen molar-refractivity contribution in [2.45, 2.75) is 213 Å². The Hall–Kier alpha value is -1.58. The van der Waals surface area contributed by atoms with Crippen LogP contribution < -0.4 is 10.6 Å². The number of unbranched alkanes of at least 4 members (excludes halogenated alkanes) is 24. The number of allylic oxidation sites excluding steroid dienone is 4. The van der Waals surface area contributed by atoms with Gasteiger partial charge in [-0.05, 0) is 70.6 Å². The fraction of sp³-hybridized carbons (Fsp3) is 0.854. The Bertz CT molecular complexity index is 616. The highest BCUT2D eigenvalue weighted by atomic mass is 16.2. The summed E-state index contributed by atoms with van der Waals surface area (Å²) in [5, 5.41) is 6.05. The molecule has 0 fully saturated rings. The molecule has 264 valence electrons. The van der Waals surface area contributed by atoms with E-state index in [1.165, 1.54) is 167 Å². The standard InChI is InChI=1S/C41H78N2O2/c1-3-5-7-9-11-13-15-17-19-21-23-25-27-29-31-33-38-42-40(44)36-35-37-41(45)43-39-34-32-30-28-26-24-22-20-18-16-14-12-10-8-6-4-2/h17-20H,3-16,21-39H2,1-2H3,(H,42,44)(H,43,45)/b19-17-,20-18-. The molecule has 0 atom stereocenters. The summed E-state index contributed by atoms with van der Waals surface area (Å²) in [7, 11) is 0. The van der Waals surface area contributed by atoms with E-state index in [9.17, 15) is 9.59 Å². The zero-order chi connectivity index (χ0) is 32.7. The second kappa shape index (κ2) is 38.6. The lowest BCUT2D eigenvalue weighted by atomic mass is 10.1. The summed E-state index contributed by atoms with van der Waals surface area (Å²) in [6.45, 7) is 6.08. The molecule has 0 heterocycles. The SMILES string of the molecule is CCCCCCCC/C=C\CCCCCCCCNC(=O)CCCC(=O)NCCCCCCCC/C=C\CCCCCCCC. The lowest BCUT2D eigenvalue weighted by Gasteiger charge is -2.07. The van der Waals surface area contributed by atoms with Gasteiger partial charge in [-0.1, -0.05) is 154 Å². The van der Waals surface area contributed by atoms with Gasteiger partial charge in [0.2, 0.25) is 11.8 Å². The van der Waals surface area contributed by atoms with Crippen molar-refractivity contribution in [2.24, 2.45) is 0 Å². The summed E-state index contributed by atoms with van der Waals surface area (Å²) in [5.41, 5.74) is 0. The molecule has 0 rings (SSSR count). The Morgan fingerprint density at radius 2 is 0.622 bits per heavy atom. The van der Waals surface area contributed by atoms with Crippen molar-refractivity contribution >= 4 is 11.8 Å². The minimum absolute atomic E-state index is 0.0869. The van der Waals surface area contributed by atoms with E-state index in [4.69, 9.17) is 0 Å². The van der Waals surface area contributed by atoms with E-state index in [-0.39, 0.29) is 11.8 Å². The van der Waals surface area contributed by atoms with Gasteiger partial charge in [0.05, 0.1) is 0 Å². The molecule has 0 radical (unpaired) electrons. The van der Waals surface area contributed by atoms with Crippen LogP contribution in [-0.2, 0) is 9.59 Å². The van der Waals surface area contributed by atoms with Crippen molar-refractivity contribution in [1.29, 1.82) is 0 Å². The van der Waals surface area contributed by atoms with Crippen LogP contribution in [0.2, 0.25) is 0 Å². The minimum Gasteiger partial charge on any atom is -0.356 e. The van der Waals surface area contributed by atoms with Gasteiger partial charge in [-0.3, -0.25) is 9.59 Å². The summed E-state index contributed by atoms with van der Waals surface area (Å²) in [6, 6.07) is 0. The lowest BCUT2D eigenvalue weighted by Crippen LogP contribution is -2.26. The van der Waals surface area contributed by atoms with Crippen LogP contribution in [0.25, 0.3) is 0 Å². The summed E-state index contributed by atoms with van der Waals surface area (Å²) in [6.07, 6.45) is 47.4. The Morgan fingerprint density at radius 1 is 0.356 bits per heavy atom. The normalized spacial score (nSPS) is 11.6. The highest BCUT2D eigenvalue weighted by Gasteiger charge is 2.05. The van der Waals surface area contributed by atoms with Gasteiger partial charge >= 0.3 is 0 Å². The van der Waals surface area contributed by atoms with Gasteiger partial charge in [-0.25, -0.2) is 0 Å². The van der Waals surface area contributed by atoms with Crippen LogP contribution in [0, 0.1) is 0 Å². The molecule has 2 N–H and O–H groups in total. The third kappa shape index (κ3) is 38.5. The average Bonchev–Trinajstić information content (AvgIpc) is 3.04. The number of hydrogen-bond acceptors (Lipinski definition) is 2. The molecule has 0 spiro atoms. The number of carbonyl (C=O) groups is 2. The molecule has 0 aliphatic heterocycles. The van der Waals surface area contributed by atoms with E-state index < -0.39 is 0 Å². The van der Waals surface area contributed by atoms with Crippen LogP contribution in [0.3, 0.4) is 0 Å². The molecule has 4 nitrogen and oxygen atoms in total. The predicted octanol–water partition coefficient (Wildman–Crippen LogP) is 12.5. The maximum absolute atomic E-state index is 12.1. The number of carbonyl (C=O) groups excluding carboxylic acids is 2. The quantitative estimate of drug-likeness (QED) is 0.0534. The molecule has 4 heteroatoms. The van der Waals surface area contributed by atoms with Gasteiger partial charge < -0.3 is 10.6 Å². The Kier molecular flexibility index (Phi) is 37.2. The van der Waals surface area contributed by atoms with Gasteiger partial charge in [-0.15, -0.1) is 0 Å². The molecule has 45 heavy (non-hydrogen) atoms. The van der Waals surface area contributed by atoms with Crippen LogP contribution in [0.1, 0.15) is 213 Å². The van der Waals surface area contributed by atoms with Crippen molar-refractivity contribution in [3.05, 3.63) is 24.3 Å². The van der Waals surface area contributed by atoms with E-state index in [2.05, 4.69) is 48.8 Å². The first-order chi connectivity index (χ1) is 22.2. The van der Waals surface area contributed by atoms with Crippen molar-refractivity contribution in [1.82, 2.24) is 10.6 Å². The first-order valence-corrected chi connectivity index (χ1v) is 20.0. The van der Waals surface area contributed by atoms with Crippen molar-refractivity contribution < 1.29 is 9.59 Å². The summed E-state index contributed by atoms with van der Waals surface area (Å²) >= 11 is 0. The third-order valence-electron chi connectivity index (χ3n) is 8.83. The van der Waals surface area contributed by atoms with Crippen LogP contribution in [0.4, 0.5) is 0 Å². The van der Waals surface area contributed by atoms with E-state index in [0.717, 1.165) is 25.9 Å². The summed E-state index contributed by atoms with van der Waals surface area (Å²) < 4.78 is 0. The minimum atomic E-state index is 0.0869. The predicted molar refractivity (Wildman–Crippen MR) is 199 cm³/mol. The van der Waals surface area contributed by atoms with Crippen LogP contribution in [0.15, 0.2) is 24.3 Å². The molecule has 0 aliphatic carbocycles. The highest BCUT2D eigenvalue weighted by Crippen LogP contribution is 2.11. The van der Waals surface area contributed by atoms with Crippen molar-refractivity contribution in [3.8, 4) is 0 Å². The lowest BCUT2D eigenvalue weighted by molar-refractivity contribution is -0.122. The number of nitrogens with one attached hydrogen (secondary N) is 2. The van der Waals surface area contributed by atoms with Crippen LogP contribution in [-0.4, -0.2) is 24.9 Å². The maximum atomic E-state index is 12.1. The van der Waals surface area contributed by atoms with Gasteiger partial charge in [0, 0.05) is 25.9 Å². The molecule has 0 aliphatic rings. The fourth-order valence-electron chi connectivity index (χ4n) is 5.79. The summed E-state index contributed by atoms with van der Waals surface area (Å²) in [4.78, 5) is 24.1. The highest BCUT2D eigenvalue weighted by molar-refractivity contribution is 5.78. The molecule has 0 aromatic rings. The first-order valence-electron chi connectivity index (χ1n) is 20.0. The van der Waals surface area contributed by atoms with E-state index in [0.29, 0.717) is 19.3 Å². The molecular weight excluding hydrogens is 552 g/mol. The smallest absolute Gasteiger partial charge is 0.220 e. The summed E-state index contributed by atoms with van der Waals surface area (Å²) in [5.74, 6) is 0.174. The number of amides is 2. The molecule has 0 unspecified atom stereocenters. The van der Waals surface area contributed by atoms with Crippen molar-refractivity contribution in [2.75, 3.05) is 13.1 Å². The first kappa shape index (κ1) is 43.4. The largest absolute Gasteiger partial charge is 0.356 e. The second-order valence-electron chi connectivity index (χ2n) is 13.4. The molecule has 0 aromatic carbocycles. The molecule has 0 saturated heterocycles. The molecule has 0 aromatic heterocycles. The average molecular weight is 631 g/mol. The van der Waals surface area contributed by atoms with Gasteiger partial charge in [0.25, 0.3) is 0 Å². The van der Waals surface area contributed by atoms with Gasteiger partial charge in [0.15, 0.2) is 0 Å². The maximum Gasteiger partial charge on any atom is 0.220 e. The zero-order valence-corrected chi connectivity index (χ0v) is 30.5.